The van der Waals surface area contributed by atoms with Crippen LogP contribution in [-0.2, 0) is 0 Å². The second-order valence-electron chi connectivity index (χ2n) is 6.29. The molecule has 0 bridgehead atoms. The van der Waals surface area contributed by atoms with Crippen LogP contribution in [0.4, 0.5) is 5.69 Å². The van der Waals surface area contributed by atoms with E-state index in [1.807, 2.05) is 44.1 Å². The van der Waals surface area contributed by atoms with E-state index in [1.165, 1.54) is 21.3 Å². The number of methoxy groups -OCH3 is 3. The Morgan fingerprint density at radius 2 is 1.76 bits per heavy atom. The van der Waals surface area contributed by atoms with E-state index in [0.717, 1.165) is 17.0 Å². The molecule has 0 aliphatic carbocycles. The number of benzene rings is 2. The van der Waals surface area contributed by atoms with Crippen molar-refractivity contribution < 1.29 is 23.7 Å². The summed E-state index contributed by atoms with van der Waals surface area (Å²) in [6.45, 7) is 2.52. The third kappa shape index (κ3) is 5.23. The van der Waals surface area contributed by atoms with Gasteiger partial charge in [-0.2, -0.15) is 0 Å². The third-order valence-electron chi connectivity index (χ3n) is 4.21. The van der Waals surface area contributed by atoms with Gasteiger partial charge >= 0.3 is 0 Å². The van der Waals surface area contributed by atoms with E-state index < -0.39 is 0 Å². The zero-order valence-electron chi connectivity index (χ0n) is 17.5. The molecule has 6 nitrogen and oxygen atoms in total. The van der Waals surface area contributed by atoms with E-state index in [2.05, 4.69) is 15.9 Å². The number of nitrogens with zero attached hydrogens (tertiary/aromatic N) is 1. The minimum absolute atomic E-state index is 0.251. The Labute approximate surface area is 180 Å². The smallest absolute Gasteiger partial charge is 0.203 e. The number of allylic oxidation sites excluding steroid dienone is 1. The predicted octanol–water partition coefficient (Wildman–Crippen LogP) is 4.80. The Morgan fingerprint density at radius 3 is 2.31 bits per heavy atom. The number of hydrogen-bond acceptors (Lipinski definition) is 6. The maximum atomic E-state index is 13.1. The summed E-state index contributed by atoms with van der Waals surface area (Å²) in [5.74, 6) is 1.81. The molecule has 29 heavy (non-hydrogen) atoms. The van der Waals surface area contributed by atoms with Crippen molar-refractivity contribution in [2.24, 2.45) is 0 Å². The topological polar surface area (TPSA) is 57.2 Å². The molecule has 0 radical (unpaired) electrons. The number of hydrogen-bond donors (Lipinski definition) is 0. The van der Waals surface area contributed by atoms with E-state index in [1.54, 1.807) is 18.2 Å². The standard InChI is InChI=1S/C22H26BrNO5/c1-7-29-19-9-8-14(11-18(19)24(2)3)10-17(23)21(25)16-12-15(26-4)13-20(27-5)22(16)28-6/h8-13H,7H2,1-6H3. The van der Waals surface area contributed by atoms with Crippen molar-refractivity contribution in [3.8, 4) is 23.0 Å². The van der Waals surface area contributed by atoms with Gasteiger partial charge in [0.05, 0.1) is 43.7 Å². The van der Waals surface area contributed by atoms with Gasteiger partial charge in [0.15, 0.2) is 11.5 Å². The van der Waals surface area contributed by atoms with Crippen molar-refractivity contribution in [1.82, 2.24) is 0 Å². The molecular weight excluding hydrogens is 438 g/mol. The lowest BCUT2D eigenvalue weighted by molar-refractivity contribution is 0.104. The molecule has 2 aromatic carbocycles. The molecule has 2 rings (SSSR count). The maximum Gasteiger partial charge on any atom is 0.203 e. The lowest BCUT2D eigenvalue weighted by Crippen LogP contribution is -2.11. The molecule has 0 saturated carbocycles. The van der Waals surface area contributed by atoms with Crippen LogP contribution in [0.2, 0.25) is 0 Å². The molecule has 0 aromatic heterocycles. The predicted molar refractivity (Wildman–Crippen MR) is 119 cm³/mol. The van der Waals surface area contributed by atoms with Gasteiger partial charge in [-0.3, -0.25) is 4.79 Å². The van der Waals surface area contributed by atoms with Gasteiger partial charge in [-0.1, -0.05) is 6.07 Å². The number of carbonyl (C=O) groups is 1. The molecule has 0 spiro atoms. The fourth-order valence-electron chi connectivity index (χ4n) is 2.82. The van der Waals surface area contributed by atoms with E-state index in [9.17, 15) is 4.79 Å². The third-order valence-corrected chi connectivity index (χ3v) is 4.80. The Balaban J connectivity index is 2.47. The largest absolute Gasteiger partial charge is 0.497 e. The number of Topliss-reactive ketones (excluding diaryl/α,β-unsaturated/α-hetero) is 1. The zero-order valence-corrected chi connectivity index (χ0v) is 19.1. The van der Waals surface area contributed by atoms with Gasteiger partial charge in [-0.05, 0) is 52.7 Å². The minimum Gasteiger partial charge on any atom is -0.497 e. The van der Waals surface area contributed by atoms with Crippen LogP contribution < -0.4 is 23.8 Å². The van der Waals surface area contributed by atoms with Gasteiger partial charge in [0.25, 0.3) is 0 Å². The second-order valence-corrected chi connectivity index (χ2v) is 7.14. The number of carbonyl (C=O) groups excluding carboxylic acids is 1. The van der Waals surface area contributed by atoms with Crippen LogP contribution >= 0.6 is 15.9 Å². The molecule has 2 aromatic rings. The summed E-state index contributed by atoms with van der Waals surface area (Å²) in [6.07, 6.45) is 1.76. The summed E-state index contributed by atoms with van der Waals surface area (Å²) >= 11 is 3.41. The van der Waals surface area contributed by atoms with Gasteiger partial charge in [0.1, 0.15) is 11.5 Å². The number of anilines is 1. The summed E-state index contributed by atoms with van der Waals surface area (Å²) < 4.78 is 22.1. The Bertz CT molecular complexity index is 908. The minimum atomic E-state index is -0.251. The normalized spacial score (nSPS) is 11.1. The maximum absolute atomic E-state index is 13.1. The fraction of sp³-hybridized carbons (Fsp3) is 0.318. The Kier molecular flexibility index (Phi) is 7.96. The highest BCUT2D eigenvalue weighted by Crippen LogP contribution is 2.38. The molecule has 0 saturated heterocycles. The van der Waals surface area contributed by atoms with Crippen LogP contribution in [0, 0.1) is 0 Å². The monoisotopic (exact) mass is 463 g/mol. The average Bonchev–Trinajstić information content (AvgIpc) is 2.72. The fourth-order valence-corrected chi connectivity index (χ4v) is 3.30. The highest BCUT2D eigenvalue weighted by Gasteiger charge is 2.21. The van der Waals surface area contributed by atoms with Crippen molar-refractivity contribution in [3.05, 3.63) is 45.9 Å². The van der Waals surface area contributed by atoms with Crippen LogP contribution in [0.3, 0.4) is 0 Å². The molecule has 0 N–H and O–H groups in total. The van der Waals surface area contributed by atoms with Crippen molar-refractivity contribution in [2.75, 3.05) is 46.9 Å². The number of rotatable bonds is 9. The summed E-state index contributed by atoms with van der Waals surface area (Å²) in [4.78, 5) is 15.1. The van der Waals surface area contributed by atoms with E-state index in [-0.39, 0.29) is 5.78 Å². The van der Waals surface area contributed by atoms with Crippen LogP contribution in [0.5, 0.6) is 23.0 Å². The van der Waals surface area contributed by atoms with Crippen molar-refractivity contribution in [2.45, 2.75) is 6.92 Å². The van der Waals surface area contributed by atoms with Gasteiger partial charge in [-0.25, -0.2) is 0 Å². The van der Waals surface area contributed by atoms with E-state index in [4.69, 9.17) is 18.9 Å². The van der Waals surface area contributed by atoms with Crippen LogP contribution in [0.1, 0.15) is 22.8 Å². The molecule has 0 amide bonds. The van der Waals surface area contributed by atoms with Crippen LogP contribution in [0.25, 0.3) is 6.08 Å². The zero-order chi connectivity index (χ0) is 21.6. The van der Waals surface area contributed by atoms with Crippen LogP contribution in [-0.4, -0.2) is 47.8 Å². The lowest BCUT2D eigenvalue weighted by Gasteiger charge is -2.18. The molecule has 0 fully saturated rings. The molecule has 7 heteroatoms. The molecular formula is C22H26BrNO5. The molecule has 0 atom stereocenters. The molecule has 0 aliphatic heterocycles. The number of ether oxygens (including phenoxy) is 4. The van der Waals surface area contributed by atoms with Gasteiger partial charge in [0, 0.05) is 20.2 Å². The Morgan fingerprint density at radius 1 is 1.03 bits per heavy atom. The Hall–Kier alpha value is -2.67. The van der Waals surface area contributed by atoms with E-state index >= 15 is 0 Å². The highest BCUT2D eigenvalue weighted by molar-refractivity contribution is 9.12. The lowest BCUT2D eigenvalue weighted by atomic mass is 10.1. The first-order chi connectivity index (χ1) is 13.9. The van der Waals surface area contributed by atoms with Gasteiger partial charge in [-0.15, -0.1) is 0 Å². The average molecular weight is 464 g/mol. The van der Waals surface area contributed by atoms with Gasteiger partial charge < -0.3 is 23.8 Å². The quantitative estimate of drug-likeness (QED) is 0.393. The molecule has 0 aliphatic rings. The summed E-state index contributed by atoms with van der Waals surface area (Å²) in [5.41, 5.74) is 2.12. The number of ketones is 1. The summed E-state index contributed by atoms with van der Waals surface area (Å²) in [6, 6.07) is 9.05. The van der Waals surface area contributed by atoms with Crippen molar-refractivity contribution >= 4 is 33.5 Å². The van der Waals surface area contributed by atoms with Crippen LogP contribution in [0.15, 0.2) is 34.8 Å². The molecule has 0 unspecified atom stereocenters. The summed E-state index contributed by atoms with van der Waals surface area (Å²) in [7, 11) is 8.43. The molecule has 0 heterocycles. The van der Waals surface area contributed by atoms with Crippen molar-refractivity contribution in [3.63, 3.8) is 0 Å². The van der Waals surface area contributed by atoms with E-state index in [0.29, 0.717) is 33.9 Å². The molecule has 156 valence electrons. The first kappa shape index (κ1) is 22.6. The first-order valence-electron chi connectivity index (χ1n) is 9.02. The van der Waals surface area contributed by atoms with Gasteiger partial charge in [0.2, 0.25) is 5.78 Å². The first-order valence-corrected chi connectivity index (χ1v) is 9.81. The number of halogens is 1. The second kappa shape index (κ2) is 10.2. The SMILES string of the molecule is CCOc1ccc(C=C(Br)C(=O)c2cc(OC)cc(OC)c2OC)cc1N(C)C. The summed E-state index contributed by atoms with van der Waals surface area (Å²) in [5, 5.41) is 0. The van der Waals surface area contributed by atoms with Crippen molar-refractivity contribution in [1.29, 1.82) is 0 Å². The highest BCUT2D eigenvalue weighted by atomic mass is 79.9.